The summed E-state index contributed by atoms with van der Waals surface area (Å²) in [6, 6.07) is 9.01. The van der Waals surface area contributed by atoms with Gasteiger partial charge in [0.25, 0.3) is 0 Å². The van der Waals surface area contributed by atoms with Gasteiger partial charge in [0.15, 0.2) is 11.5 Å². The maximum Gasteiger partial charge on any atom is 0.308 e. The lowest BCUT2D eigenvalue weighted by molar-refractivity contribution is -0.132. The minimum absolute atomic E-state index is 0.217. The first-order chi connectivity index (χ1) is 16.2. The number of aryl methyl sites for hydroxylation is 1. The minimum atomic E-state index is -0.433. The second kappa shape index (κ2) is 11.4. The molecule has 0 spiro atoms. The van der Waals surface area contributed by atoms with Gasteiger partial charge in [0.1, 0.15) is 5.75 Å². The van der Waals surface area contributed by atoms with Crippen LogP contribution in [0.15, 0.2) is 35.4 Å². The molecule has 0 heterocycles. The molecule has 35 heavy (non-hydrogen) atoms. The molecular weight excluding hydrogens is 444 g/mol. The van der Waals surface area contributed by atoms with Crippen molar-refractivity contribution in [2.45, 2.75) is 79.1 Å². The number of benzene rings is 2. The smallest absolute Gasteiger partial charge is 0.308 e. The van der Waals surface area contributed by atoms with E-state index in [-0.39, 0.29) is 23.2 Å². The van der Waals surface area contributed by atoms with Gasteiger partial charge in [-0.2, -0.15) is 5.10 Å². The molecule has 0 aliphatic rings. The first-order valence-corrected chi connectivity index (χ1v) is 11.9. The highest BCUT2D eigenvalue weighted by Gasteiger charge is 2.26. The van der Waals surface area contributed by atoms with Crippen LogP contribution in [0.25, 0.3) is 0 Å². The molecule has 0 saturated carbocycles. The van der Waals surface area contributed by atoms with E-state index in [0.29, 0.717) is 35.8 Å². The van der Waals surface area contributed by atoms with Gasteiger partial charge in [0.2, 0.25) is 5.91 Å². The van der Waals surface area contributed by atoms with E-state index in [0.717, 1.165) is 16.7 Å². The van der Waals surface area contributed by atoms with E-state index in [9.17, 15) is 14.7 Å². The Morgan fingerprint density at radius 3 is 2.11 bits per heavy atom. The van der Waals surface area contributed by atoms with Gasteiger partial charge < -0.3 is 14.6 Å². The number of amides is 1. The average Bonchev–Trinajstić information content (AvgIpc) is 2.73. The largest absolute Gasteiger partial charge is 0.507 e. The van der Waals surface area contributed by atoms with Crippen LogP contribution in [-0.4, -0.2) is 29.8 Å². The molecule has 0 aliphatic heterocycles. The number of aromatic hydroxyl groups is 1. The highest BCUT2D eigenvalue weighted by molar-refractivity contribution is 5.83. The summed E-state index contributed by atoms with van der Waals surface area (Å²) in [7, 11) is 0. The van der Waals surface area contributed by atoms with E-state index >= 15 is 0 Å². The van der Waals surface area contributed by atoms with Gasteiger partial charge in [-0.15, -0.1) is 0 Å². The fourth-order valence-electron chi connectivity index (χ4n) is 3.59. The zero-order chi connectivity index (χ0) is 26.4. The highest BCUT2D eigenvalue weighted by atomic mass is 16.6. The lowest BCUT2D eigenvalue weighted by Crippen LogP contribution is -2.20. The Kier molecular flexibility index (Phi) is 9.07. The van der Waals surface area contributed by atoms with Crippen molar-refractivity contribution in [1.29, 1.82) is 0 Å². The zero-order valence-electron chi connectivity index (χ0n) is 22.1. The fourth-order valence-corrected chi connectivity index (χ4v) is 3.59. The molecule has 7 nitrogen and oxygen atoms in total. The van der Waals surface area contributed by atoms with Gasteiger partial charge in [-0.3, -0.25) is 9.59 Å². The van der Waals surface area contributed by atoms with E-state index in [1.54, 1.807) is 18.2 Å². The van der Waals surface area contributed by atoms with Crippen LogP contribution < -0.4 is 14.9 Å². The molecule has 0 radical (unpaired) electrons. The molecule has 0 unspecified atom stereocenters. The summed E-state index contributed by atoms with van der Waals surface area (Å²) < 4.78 is 10.7. The maximum absolute atomic E-state index is 12.4. The molecule has 2 rings (SSSR count). The molecule has 0 aromatic heterocycles. The maximum atomic E-state index is 12.4. The summed E-state index contributed by atoms with van der Waals surface area (Å²) in [4.78, 5) is 23.7. The number of esters is 1. The number of hydrazone groups is 1. The van der Waals surface area contributed by atoms with Crippen LogP contribution in [0.1, 0.15) is 84.1 Å². The highest BCUT2D eigenvalue weighted by Crippen LogP contribution is 2.40. The molecule has 0 fully saturated rings. The fraction of sp³-hybridized carbons (Fsp3) is 0.464. The molecule has 2 aromatic carbocycles. The molecule has 2 aromatic rings. The predicted molar refractivity (Wildman–Crippen MR) is 138 cm³/mol. The number of nitrogens with one attached hydrogen (secondary N) is 1. The molecule has 0 saturated heterocycles. The number of carbonyl (C=O) groups excluding carboxylic acids is 2. The summed E-state index contributed by atoms with van der Waals surface area (Å²) in [6.07, 6.45) is 2.29. The van der Waals surface area contributed by atoms with Crippen molar-refractivity contribution in [3.8, 4) is 17.2 Å². The van der Waals surface area contributed by atoms with Gasteiger partial charge in [-0.1, -0.05) is 53.7 Å². The monoisotopic (exact) mass is 482 g/mol. The Balaban J connectivity index is 2.09. The van der Waals surface area contributed by atoms with Crippen molar-refractivity contribution in [1.82, 2.24) is 5.43 Å². The summed E-state index contributed by atoms with van der Waals surface area (Å²) >= 11 is 0. The number of ether oxygens (including phenoxy) is 2. The predicted octanol–water partition coefficient (Wildman–Crippen LogP) is 5.39. The summed E-state index contributed by atoms with van der Waals surface area (Å²) in [5.74, 6) is 0.435. The van der Waals surface area contributed by atoms with Gasteiger partial charge in [0.05, 0.1) is 12.8 Å². The Labute approximate surface area is 208 Å². The molecule has 1 amide bonds. The standard InChI is InChI=1S/C28H38N2O5/c1-9-34-24-16-20(10-12-23(24)35-18(2)31)17-29-30-25(32)13-11-19-14-21(27(3,4)5)26(33)22(15-19)28(6,7)8/h10,12,14-17,33H,9,11,13H2,1-8H3,(H,30,32)/b29-17-. The molecule has 2 N–H and O–H groups in total. The quantitative estimate of drug-likeness (QED) is 0.227. The number of carbonyl (C=O) groups is 2. The summed E-state index contributed by atoms with van der Waals surface area (Å²) in [6.45, 7) is 16.0. The Bertz CT molecular complexity index is 1060. The van der Waals surface area contributed by atoms with Crippen LogP contribution in [0.2, 0.25) is 0 Å². The van der Waals surface area contributed by atoms with E-state index in [2.05, 4.69) is 52.1 Å². The Morgan fingerprint density at radius 1 is 1.00 bits per heavy atom. The number of nitrogens with zero attached hydrogens (tertiary/aromatic N) is 1. The normalized spacial score (nSPS) is 12.0. The summed E-state index contributed by atoms with van der Waals surface area (Å²) in [5, 5.41) is 14.9. The molecule has 0 aliphatic carbocycles. The van der Waals surface area contributed by atoms with Gasteiger partial charge in [0, 0.05) is 13.3 Å². The lowest BCUT2D eigenvalue weighted by Gasteiger charge is -2.28. The van der Waals surface area contributed by atoms with E-state index in [1.807, 2.05) is 19.1 Å². The number of phenols is 1. The third kappa shape index (κ3) is 8.12. The Morgan fingerprint density at radius 2 is 1.60 bits per heavy atom. The van der Waals surface area contributed by atoms with Crippen LogP contribution in [0.5, 0.6) is 17.2 Å². The van der Waals surface area contributed by atoms with Crippen molar-refractivity contribution in [2.24, 2.45) is 5.10 Å². The second-order valence-electron chi connectivity index (χ2n) is 10.6. The van der Waals surface area contributed by atoms with Crippen molar-refractivity contribution in [3.05, 3.63) is 52.6 Å². The minimum Gasteiger partial charge on any atom is -0.507 e. The number of hydrogen-bond acceptors (Lipinski definition) is 6. The molecule has 190 valence electrons. The molecule has 0 atom stereocenters. The molecular formula is C28H38N2O5. The van der Waals surface area contributed by atoms with Crippen LogP contribution >= 0.6 is 0 Å². The average molecular weight is 483 g/mol. The van der Waals surface area contributed by atoms with E-state index in [1.165, 1.54) is 13.1 Å². The van der Waals surface area contributed by atoms with Crippen LogP contribution in [0, 0.1) is 0 Å². The Hall–Kier alpha value is -3.35. The molecule has 7 heteroatoms. The third-order valence-electron chi connectivity index (χ3n) is 5.35. The lowest BCUT2D eigenvalue weighted by atomic mass is 9.78. The first-order valence-electron chi connectivity index (χ1n) is 11.9. The second-order valence-corrected chi connectivity index (χ2v) is 10.6. The third-order valence-corrected chi connectivity index (χ3v) is 5.35. The number of rotatable bonds is 8. The summed E-state index contributed by atoms with van der Waals surface area (Å²) in [5.41, 5.74) is 5.55. The van der Waals surface area contributed by atoms with Crippen molar-refractivity contribution in [3.63, 3.8) is 0 Å². The van der Waals surface area contributed by atoms with Crippen LogP contribution in [0.4, 0.5) is 0 Å². The molecule has 0 bridgehead atoms. The van der Waals surface area contributed by atoms with Crippen molar-refractivity contribution in [2.75, 3.05) is 6.61 Å². The SMILES string of the molecule is CCOc1cc(/C=N\NC(=O)CCc2cc(C(C)(C)C)c(O)c(C(C)(C)C)c2)ccc1OC(C)=O. The van der Waals surface area contributed by atoms with Gasteiger partial charge >= 0.3 is 5.97 Å². The topological polar surface area (TPSA) is 97.2 Å². The van der Waals surface area contributed by atoms with Gasteiger partial charge in [-0.25, -0.2) is 5.43 Å². The number of hydrogen-bond donors (Lipinski definition) is 2. The number of phenolic OH excluding ortho intramolecular Hbond substituents is 1. The van der Waals surface area contributed by atoms with Crippen LogP contribution in [-0.2, 0) is 26.8 Å². The van der Waals surface area contributed by atoms with Crippen LogP contribution in [0.3, 0.4) is 0 Å². The first kappa shape index (κ1) is 27.9. The van der Waals surface area contributed by atoms with E-state index < -0.39 is 5.97 Å². The van der Waals surface area contributed by atoms with Crippen molar-refractivity contribution < 1.29 is 24.2 Å². The van der Waals surface area contributed by atoms with Gasteiger partial charge in [-0.05, 0) is 64.6 Å². The van der Waals surface area contributed by atoms with E-state index in [4.69, 9.17) is 9.47 Å². The van der Waals surface area contributed by atoms with Crippen molar-refractivity contribution >= 4 is 18.1 Å². The zero-order valence-corrected chi connectivity index (χ0v) is 22.1.